The summed E-state index contributed by atoms with van der Waals surface area (Å²) < 4.78 is 2.00. The van der Waals surface area contributed by atoms with Crippen molar-refractivity contribution in [2.24, 2.45) is 5.10 Å². The Morgan fingerprint density at radius 3 is 2.96 bits per heavy atom. The minimum atomic E-state index is -0.217. The molecule has 3 aromatic heterocycles. The minimum absolute atomic E-state index is 0.217. The van der Waals surface area contributed by atoms with Crippen LogP contribution in [0.3, 0.4) is 0 Å². The third-order valence-electron chi connectivity index (χ3n) is 3.40. The van der Waals surface area contributed by atoms with Crippen LogP contribution < -0.4 is 5.43 Å². The second kappa shape index (κ2) is 6.53. The lowest BCUT2D eigenvalue weighted by molar-refractivity contribution is 0.0955. The van der Waals surface area contributed by atoms with E-state index in [-0.39, 0.29) is 5.91 Å². The SMILES string of the molecule is Cc1cc(C=NNC(=O)c2ccsc2)c(C)n1-c1cnccn1. The Labute approximate surface area is 137 Å². The van der Waals surface area contributed by atoms with Gasteiger partial charge in [0, 0.05) is 34.7 Å². The number of aryl methyl sites for hydroxylation is 1. The van der Waals surface area contributed by atoms with Crippen LogP contribution in [0.25, 0.3) is 5.82 Å². The standard InChI is InChI=1S/C16H15N5OS/c1-11-7-14(8-19-20-16(22)13-3-6-23-10-13)12(2)21(11)15-9-17-4-5-18-15/h3-10H,1-2H3,(H,20,22). The molecule has 7 heteroatoms. The first-order valence-electron chi connectivity index (χ1n) is 6.98. The average Bonchev–Trinajstić information content (AvgIpc) is 3.17. The molecule has 0 aliphatic rings. The van der Waals surface area contributed by atoms with Crippen molar-refractivity contribution in [3.8, 4) is 5.82 Å². The molecule has 0 fully saturated rings. The second-order valence-corrected chi connectivity index (χ2v) is 5.72. The Morgan fingerprint density at radius 1 is 1.39 bits per heavy atom. The van der Waals surface area contributed by atoms with E-state index in [1.165, 1.54) is 11.3 Å². The van der Waals surface area contributed by atoms with Gasteiger partial charge < -0.3 is 4.57 Å². The van der Waals surface area contributed by atoms with Crippen molar-refractivity contribution in [3.05, 3.63) is 64.0 Å². The lowest BCUT2D eigenvalue weighted by atomic mass is 10.3. The molecule has 3 rings (SSSR count). The maximum absolute atomic E-state index is 11.8. The first-order valence-corrected chi connectivity index (χ1v) is 7.92. The predicted molar refractivity (Wildman–Crippen MR) is 90.2 cm³/mol. The molecule has 1 amide bonds. The van der Waals surface area contributed by atoms with Gasteiger partial charge in [-0.3, -0.25) is 9.78 Å². The fourth-order valence-corrected chi connectivity index (χ4v) is 2.93. The van der Waals surface area contributed by atoms with Crippen molar-refractivity contribution in [1.29, 1.82) is 0 Å². The van der Waals surface area contributed by atoms with Gasteiger partial charge in [-0.05, 0) is 31.4 Å². The summed E-state index contributed by atoms with van der Waals surface area (Å²) in [4.78, 5) is 20.2. The van der Waals surface area contributed by atoms with E-state index in [2.05, 4.69) is 20.5 Å². The fraction of sp³-hybridized carbons (Fsp3) is 0.125. The Hall–Kier alpha value is -2.80. The molecule has 6 nitrogen and oxygen atoms in total. The summed E-state index contributed by atoms with van der Waals surface area (Å²) in [5.74, 6) is 0.537. The smallest absolute Gasteiger partial charge is 0.272 e. The van der Waals surface area contributed by atoms with Crippen molar-refractivity contribution in [2.45, 2.75) is 13.8 Å². The maximum Gasteiger partial charge on any atom is 0.272 e. The minimum Gasteiger partial charge on any atom is -0.301 e. The second-order valence-electron chi connectivity index (χ2n) is 4.94. The summed E-state index contributed by atoms with van der Waals surface area (Å²) in [5, 5.41) is 7.67. The van der Waals surface area contributed by atoms with Crippen LogP contribution in [0.5, 0.6) is 0 Å². The number of rotatable bonds is 4. The van der Waals surface area contributed by atoms with Crippen LogP contribution in [0.15, 0.2) is 46.6 Å². The number of hydrogen-bond acceptors (Lipinski definition) is 5. The molecule has 3 heterocycles. The summed E-state index contributed by atoms with van der Waals surface area (Å²) >= 11 is 1.47. The highest BCUT2D eigenvalue weighted by atomic mass is 32.1. The van der Waals surface area contributed by atoms with E-state index < -0.39 is 0 Å². The van der Waals surface area contributed by atoms with Gasteiger partial charge in [0.05, 0.1) is 18.0 Å². The van der Waals surface area contributed by atoms with Gasteiger partial charge in [0.1, 0.15) is 0 Å². The first kappa shape index (κ1) is 15.1. The highest BCUT2D eigenvalue weighted by Crippen LogP contribution is 2.17. The molecule has 0 radical (unpaired) electrons. The number of thiophene rings is 1. The average molecular weight is 325 g/mol. The zero-order valence-electron chi connectivity index (χ0n) is 12.7. The zero-order chi connectivity index (χ0) is 16.2. The molecule has 0 aromatic carbocycles. The van der Waals surface area contributed by atoms with Gasteiger partial charge in [0.15, 0.2) is 5.82 Å². The summed E-state index contributed by atoms with van der Waals surface area (Å²) in [6, 6.07) is 3.75. The van der Waals surface area contributed by atoms with Crippen molar-refractivity contribution in [2.75, 3.05) is 0 Å². The quantitative estimate of drug-likeness (QED) is 0.592. The third kappa shape index (κ3) is 3.19. The summed E-state index contributed by atoms with van der Waals surface area (Å²) in [7, 11) is 0. The number of amides is 1. The third-order valence-corrected chi connectivity index (χ3v) is 4.09. The lowest BCUT2D eigenvalue weighted by Gasteiger charge is -2.07. The van der Waals surface area contributed by atoms with Crippen LogP contribution in [0.1, 0.15) is 27.3 Å². The number of nitrogens with zero attached hydrogens (tertiary/aromatic N) is 4. The van der Waals surface area contributed by atoms with Crippen LogP contribution in [0.4, 0.5) is 0 Å². The van der Waals surface area contributed by atoms with Crippen molar-refractivity contribution < 1.29 is 4.79 Å². The first-order chi connectivity index (χ1) is 11.2. The van der Waals surface area contributed by atoms with Crippen molar-refractivity contribution in [1.82, 2.24) is 20.0 Å². The number of hydrogen-bond donors (Lipinski definition) is 1. The molecule has 23 heavy (non-hydrogen) atoms. The van der Waals surface area contributed by atoms with Gasteiger partial charge >= 0.3 is 0 Å². The van der Waals surface area contributed by atoms with E-state index in [9.17, 15) is 4.79 Å². The summed E-state index contributed by atoms with van der Waals surface area (Å²) in [6.07, 6.45) is 6.64. The summed E-state index contributed by atoms with van der Waals surface area (Å²) in [5.41, 5.74) is 6.06. The molecule has 1 N–H and O–H groups in total. The molecule has 0 saturated carbocycles. The van der Waals surface area contributed by atoms with Gasteiger partial charge in [0.2, 0.25) is 0 Å². The number of nitrogens with one attached hydrogen (secondary N) is 1. The largest absolute Gasteiger partial charge is 0.301 e. The van der Waals surface area contributed by atoms with Crippen LogP contribution in [-0.4, -0.2) is 26.7 Å². The molecular weight excluding hydrogens is 310 g/mol. The molecule has 3 aromatic rings. The predicted octanol–water partition coefficient (Wildman–Crippen LogP) is 2.71. The Kier molecular flexibility index (Phi) is 4.29. The molecule has 0 bridgehead atoms. The molecule has 0 aliphatic heterocycles. The molecule has 0 atom stereocenters. The molecule has 116 valence electrons. The van der Waals surface area contributed by atoms with Crippen LogP contribution in [-0.2, 0) is 0 Å². The van der Waals surface area contributed by atoms with Gasteiger partial charge in [0.25, 0.3) is 5.91 Å². The number of hydrazone groups is 1. The Balaban J connectivity index is 1.79. The van der Waals surface area contributed by atoms with E-state index in [0.717, 1.165) is 22.8 Å². The van der Waals surface area contributed by atoms with Gasteiger partial charge in [-0.15, -0.1) is 0 Å². The van der Waals surface area contributed by atoms with Crippen LogP contribution in [0, 0.1) is 13.8 Å². The highest BCUT2D eigenvalue weighted by molar-refractivity contribution is 7.08. The molecule has 0 aliphatic carbocycles. The topological polar surface area (TPSA) is 72.2 Å². The van der Waals surface area contributed by atoms with Gasteiger partial charge in [-0.25, -0.2) is 10.4 Å². The van der Waals surface area contributed by atoms with Crippen LogP contribution >= 0.6 is 11.3 Å². The van der Waals surface area contributed by atoms with Crippen molar-refractivity contribution in [3.63, 3.8) is 0 Å². The lowest BCUT2D eigenvalue weighted by Crippen LogP contribution is -2.16. The van der Waals surface area contributed by atoms with Crippen molar-refractivity contribution >= 4 is 23.5 Å². The Morgan fingerprint density at radius 2 is 2.26 bits per heavy atom. The zero-order valence-corrected chi connectivity index (χ0v) is 13.5. The number of carbonyl (C=O) groups is 1. The monoisotopic (exact) mass is 325 g/mol. The normalized spacial score (nSPS) is 11.0. The van der Waals surface area contributed by atoms with Gasteiger partial charge in [-0.1, -0.05) is 0 Å². The number of carbonyl (C=O) groups excluding carboxylic acids is 1. The van der Waals surface area contributed by atoms with E-state index in [1.807, 2.05) is 29.9 Å². The molecule has 0 spiro atoms. The van der Waals surface area contributed by atoms with Gasteiger partial charge in [-0.2, -0.15) is 16.4 Å². The van der Waals surface area contributed by atoms with E-state index in [0.29, 0.717) is 5.56 Å². The number of aromatic nitrogens is 3. The molecule has 0 unspecified atom stereocenters. The van der Waals surface area contributed by atoms with Crippen LogP contribution in [0.2, 0.25) is 0 Å². The maximum atomic E-state index is 11.8. The van der Waals surface area contributed by atoms with E-state index in [4.69, 9.17) is 0 Å². The summed E-state index contributed by atoms with van der Waals surface area (Å²) in [6.45, 7) is 3.96. The highest BCUT2D eigenvalue weighted by Gasteiger charge is 2.10. The van der Waals surface area contributed by atoms with E-state index in [1.54, 1.807) is 36.3 Å². The molecular formula is C16H15N5OS. The Bertz CT molecular complexity index is 837. The molecule has 0 saturated heterocycles. The fourth-order valence-electron chi connectivity index (χ4n) is 2.30. The van der Waals surface area contributed by atoms with E-state index >= 15 is 0 Å².